The maximum Gasteiger partial charge on any atom is 0.127 e. The number of hydrogen-bond donors (Lipinski definition) is 1. The fourth-order valence-corrected chi connectivity index (χ4v) is 1.99. The fourth-order valence-electron chi connectivity index (χ4n) is 1.99. The molecule has 0 saturated carbocycles. The van der Waals surface area contributed by atoms with Gasteiger partial charge < -0.3 is 10.1 Å². The lowest BCUT2D eigenvalue weighted by Crippen LogP contribution is -2.23. The Bertz CT molecular complexity index is 348. The minimum atomic E-state index is -0.124. The molecule has 0 bridgehead atoms. The lowest BCUT2D eigenvalue weighted by Gasteiger charge is -2.10. The van der Waals surface area contributed by atoms with E-state index >= 15 is 0 Å². The van der Waals surface area contributed by atoms with Crippen molar-refractivity contribution in [3.63, 3.8) is 0 Å². The second kappa shape index (κ2) is 5.41. The molecule has 16 heavy (non-hydrogen) atoms. The molecule has 1 aromatic rings. The molecule has 1 N–H and O–H groups in total. The Balaban J connectivity index is 1.82. The van der Waals surface area contributed by atoms with E-state index in [2.05, 4.69) is 5.32 Å². The van der Waals surface area contributed by atoms with Crippen molar-refractivity contribution in [3.8, 4) is 0 Å². The van der Waals surface area contributed by atoms with Crippen molar-refractivity contribution in [3.05, 3.63) is 35.1 Å². The molecule has 1 saturated heterocycles. The van der Waals surface area contributed by atoms with Gasteiger partial charge in [-0.05, 0) is 25.3 Å². The van der Waals surface area contributed by atoms with Gasteiger partial charge in [0.2, 0.25) is 0 Å². The molecule has 1 aliphatic rings. The summed E-state index contributed by atoms with van der Waals surface area (Å²) in [5, 5.41) is 3.29. The zero-order valence-electron chi connectivity index (χ0n) is 9.63. The van der Waals surface area contributed by atoms with Crippen molar-refractivity contribution >= 4 is 0 Å². The van der Waals surface area contributed by atoms with Crippen LogP contribution in [0.15, 0.2) is 18.2 Å². The predicted molar refractivity (Wildman–Crippen MR) is 61.8 cm³/mol. The number of hydrogen-bond acceptors (Lipinski definition) is 2. The van der Waals surface area contributed by atoms with Crippen molar-refractivity contribution in [1.82, 2.24) is 5.32 Å². The molecule has 1 unspecified atom stereocenters. The van der Waals surface area contributed by atoms with E-state index in [1.54, 1.807) is 6.07 Å². The Morgan fingerprint density at radius 3 is 3.12 bits per heavy atom. The van der Waals surface area contributed by atoms with Crippen molar-refractivity contribution in [1.29, 1.82) is 0 Å². The van der Waals surface area contributed by atoms with Crippen LogP contribution < -0.4 is 5.32 Å². The number of halogens is 1. The van der Waals surface area contributed by atoms with Crippen LogP contribution >= 0.6 is 0 Å². The average molecular weight is 223 g/mol. The van der Waals surface area contributed by atoms with E-state index < -0.39 is 0 Å². The van der Waals surface area contributed by atoms with Crippen molar-refractivity contribution in [2.45, 2.75) is 19.9 Å². The number of nitrogens with one attached hydrogen (secondary N) is 1. The summed E-state index contributed by atoms with van der Waals surface area (Å²) in [5.74, 6) is 0.466. The second-order valence-corrected chi connectivity index (χ2v) is 4.46. The molecule has 0 radical (unpaired) electrons. The molecule has 0 amide bonds. The molecule has 88 valence electrons. The molecule has 0 spiro atoms. The molecule has 1 aliphatic heterocycles. The van der Waals surface area contributed by atoms with Gasteiger partial charge in [0.25, 0.3) is 0 Å². The van der Waals surface area contributed by atoms with Crippen molar-refractivity contribution in [2.24, 2.45) is 5.92 Å². The average Bonchev–Trinajstić information content (AvgIpc) is 2.76. The standard InChI is InChI=1S/C13H18FNO/c1-10-2-3-13(14)12(6-10)8-15-7-11-4-5-16-9-11/h2-3,6,11,15H,4-5,7-9H2,1H3. The number of aryl methyl sites for hydroxylation is 1. The molecular weight excluding hydrogens is 205 g/mol. The maximum absolute atomic E-state index is 13.4. The molecule has 3 heteroatoms. The summed E-state index contributed by atoms with van der Waals surface area (Å²) in [6.07, 6.45) is 1.11. The zero-order chi connectivity index (χ0) is 11.4. The normalized spacial score (nSPS) is 20.2. The Morgan fingerprint density at radius 2 is 2.38 bits per heavy atom. The van der Waals surface area contributed by atoms with E-state index in [0.717, 1.165) is 37.3 Å². The highest BCUT2D eigenvalue weighted by Gasteiger charge is 2.14. The van der Waals surface area contributed by atoms with Gasteiger partial charge in [0, 0.05) is 25.3 Å². The number of ether oxygens (including phenoxy) is 1. The minimum Gasteiger partial charge on any atom is -0.381 e. The Hall–Kier alpha value is -0.930. The van der Waals surface area contributed by atoms with Gasteiger partial charge in [-0.3, -0.25) is 0 Å². The molecule has 1 atom stereocenters. The summed E-state index contributed by atoms with van der Waals surface area (Å²) in [4.78, 5) is 0. The van der Waals surface area contributed by atoms with Gasteiger partial charge in [0.05, 0.1) is 6.61 Å². The van der Waals surface area contributed by atoms with Gasteiger partial charge in [-0.2, -0.15) is 0 Å². The first-order valence-electron chi connectivity index (χ1n) is 5.79. The lowest BCUT2D eigenvalue weighted by molar-refractivity contribution is 0.185. The topological polar surface area (TPSA) is 21.3 Å². The van der Waals surface area contributed by atoms with E-state index in [-0.39, 0.29) is 5.82 Å². The number of benzene rings is 1. The van der Waals surface area contributed by atoms with Gasteiger partial charge in [-0.25, -0.2) is 4.39 Å². The molecule has 1 aromatic carbocycles. The molecule has 0 aliphatic carbocycles. The first-order chi connectivity index (χ1) is 7.75. The van der Waals surface area contributed by atoms with E-state index in [0.29, 0.717) is 12.5 Å². The second-order valence-electron chi connectivity index (χ2n) is 4.46. The molecular formula is C13H18FNO. The van der Waals surface area contributed by atoms with E-state index in [4.69, 9.17) is 4.74 Å². The molecule has 2 rings (SSSR count). The van der Waals surface area contributed by atoms with Gasteiger partial charge in [0.1, 0.15) is 5.82 Å². The highest BCUT2D eigenvalue weighted by atomic mass is 19.1. The Morgan fingerprint density at radius 1 is 1.50 bits per heavy atom. The third-order valence-corrected chi connectivity index (χ3v) is 2.97. The van der Waals surface area contributed by atoms with Crippen molar-refractivity contribution in [2.75, 3.05) is 19.8 Å². The van der Waals surface area contributed by atoms with Crippen LogP contribution in [0, 0.1) is 18.7 Å². The maximum atomic E-state index is 13.4. The summed E-state index contributed by atoms with van der Waals surface area (Å²) in [7, 11) is 0. The van der Waals surface area contributed by atoms with Crippen molar-refractivity contribution < 1.29 is 9.13 Å². The zero-order valence-corrected chi connectivity index (χ0v) is 9.63. The minimum absolute atomic E-state index is 0.124. The summed E-state index contributed by atoms with van der Waals surface area (Å²) in [5.41, 5.74) is 1.85. The van der Waals surface area contributed by atoms with Gasteiger partial charge in [-0.15, -0.1) is 0 Å². The third kappa shape index (κ3) is 3.03. The van der Waals surface area contributed by atoms with Crippen LogP contribution in [0.3, 0.4) is 0 Å². The lowest BCUT2D eigenvalue weighted by atomic mass is 10.1. The highest BCUT2D eigenvalue weighted by molar-refractivity contribution is 5.23. The fraction of sp³-hybridized carbons (Fsp3) is 0.538. The molecule has 2 nitrogen and oxygen atoms in total. The predicted octanol–water partition coefficient (Wildman–Crippen LogP) is 2.26. The first-order valence-corrected chi connectivity index (χ1v) is 5.79. The summed E-state index contributed by atoms with van der Waals surface area (Å²) in [6, 6.07) is 5.22. The van der Waals surface area contributed by atoms with Crippen LogP contribution in [-0.4, -0.2) is 19.8 Å². The summed E-state index contributed by atoms with van der Waals surface area (Å²) in [6.45, 7) is 5.19. The largest absolute Gasteiger partial charge is 0.381 e. The van der Waals surface area contributed by atoms with Gasteiger partial charge in [0.15, 0.2) is 0 Å². The monoisotopic (exact) mass is 223 g/mol. The van der Waals surface area contributed by atoms with Crippen LogP contribution in [0.25, 0.3) is 0 Å². The van der Waals surface area contributed by atoms with Gasteiger partial charge in [-0.1, -0.05) is 17.7 Å². The Kier molecular flexibility index (Phi) is 3.91. The summed E-state index contributed by atoms with van der Waals surface area (Å²) < 4.78 is 18.7. The van der Waals surface area contributed by atoms with E-state index in [1.807, 2.05) is 13.0 Å². The quantitative estimate of drug-likeness (QED) is 0.845. The molecule has 1 fully saturated rings. The van der Waals surface area contributed by atoms with E-state index in [9.17, 15) is 4.39 Å². The van der Waals surface area contributed by atoms with Crippen LogP contribution in [0.2, 0.25) is 0 Å². The van der Waals surface area contributed by atoms with Crippen LogP contribution in [0.1, 0.15) is 17.5 Å². The molecule has 1 heterocycles. The molecule has 0 aromatic heterocycles. The third-order valence-electron chi connectivity index (χ3n) is 2.97. The SMILES string of the molecule is Cc1ccc(F)c(CNCC2CCOC2)c1. The van der Waals surface area contributed by atoms with Crippen LogP contribution in [-0.2, 0) is 11.3 Å². The smallest absolute Gasteiger partial charge is 0.127 e. The van der Waals surface area contributed by atoms with E-state index in [1.165, 1.54) is 6.07 Å². The highest BCUT2D eigenvalue weighted by Crippen LogP contribution is 2.12. The number of rotatable bonds is 4. The van der Waals surface area contributed by atoms with Crippen LogP contribution in [0.5, 0.6) is 0 Å². The first kappa shape index (κ1) is 11.6. The summed E-state index contributed by atoms with van der Waals surface area (Å²) >= 11 is 0. The van der Waals surface area contributed by atoms with Crippen LogP contribution in [0.4, 0.5) is 4.39 Å². The van der Waals surface area contributed by atoms with Gasteiger partial charge >= 0.3 is 0 Å². The Labute approximate surface area is 95.8 Å².